The van der Waals surface area contributed by atoms with E-state index in [0.717, 1.165) is 5.56 Å². The molecule has 2 rings (SSSR count). The minimum absolute atomic E-state index is 0.0568. The summed E-state index contributed by atoms with van der Waals surface area (Å²) in [5, 5.41) is 3.42. The number of nitrogens with one attached hydrogen (secondary N) is 1. The normalized spacial score (nSPS) is 22.3. The Balaban J connectivity index is 2.04. The van der Waals surface area contributed by atoms with E-state index in [1.165, 1.54) is 0 Å². The van der Waals surface area contributed by atoms with Crippen molar-refractivity contribution in [2.24, 2.45) is 5.92 Å². The molecule has 1 fully saturated rings. The van der Waals surface area contributed by atoms with Gasteiger partial charge in [0.25, 0.3) is 0 Å². The summed E-state index contributed by atoms with van der Waals surface area (Å²) in [6.07, 6.45) is 0.531. The van der Waals surface area contributed by atoms with Crippen molar-refractivity contribution in [1.29, 1.82) is 0 Å². The lowest BCUT2D eigenvalue weighted by Crippen LogP contribution is -2.49. The zero-order valence-corrected chi connectivity index (χ0v) is 15.7. The molecule has 0 aromatic heterocycles. The molecular formula is C18H28N2O3S. The van der Waals surface area contributed by atoms with Crippen molar-refractivity contribution in [2.45, 2.75) is 45.3 Å². The molecule has 134 valence electrons. The first-order valence-electron chi connectivity index (χ1n) is 8.49. The van der Waals surface area contributed by atoms with Crippen LogP contribution in [0, 0.1) is 5.92 Å². The zero-order chi connectivity index (χ0) is 17.9. The number of carbonyl (C=O) groups is 1. The molecule has 1 heterocycles. The van der Waals surface area contributed by atoms with E-state index in [2.05, 4.69) is 31.3 Å². The second kappa shape index (κ2) is 7.66. The first-order chi connectivity index (χ1) is 11.2. The van der Waals surface area contributed by atoms with Gasteiger partial charge in [-0.2, -0.15) is 0 Å². The van der Waals surface area contributed by atoms with Gasteiger partial charge >= 0.3 is 0 Å². The highest BCUT2D eigenvalue weighted by Crippen LogP contribution is 2.23. The lowest BCUT2D eigenvalue weighted by molar-refractivity contribution is -0.133. The molecule has 0 bridgehead atoms. The van der Waals surface area contributed by atoms with Gasteiger partial charge in [-0.15, -0.1) is 0 Å². The van der Waals surface area contributed by atoms with Crippen LogP contribution in [0.1, 0.15) is 38.8 Å². The van der Waals surface area contributed by atoms with E-state index < -0.39 is 9.84 Å². The zero-order valence-electron chi connectivity index (χ0n) is 14.9. The minimum atomic E-state index is -2.99. The Hall–Kier alpha value is -1.40. The summed E-state index contributed by atoms with van der Waals surface area (Å²) < 4.78 is 23.3. The molecule has 0 radical (unpaired) electrons. The van der Waals surface area contributed by atoms with Crippen molar-refractivity contribution >= 4 is 15.7 Å². The molecule has 5 nitrogen and oxygen atoms in total. The fourth-order valence-electron chi connectivity index (χ4n) is 3.24. The summed E-state index contributed by atoms with van der Waals surface area (Å²) in [4.78, 5) is 14.3. The number of likely N-dealkylation sites (N-methyl/N-ethyl adjacent to an activating group) is 1. The fourth-order valence-corrected chi connectivity index (χ4v) is 5.02. The van der Waals surface area contributed by atoms with Gasteiger partial charge < -0.3 is 4.90 Å². The molecule has 1 N–H and O–H groups in total. The predicted octanol–water partition coefficient (Wildman–Crippen LogP) is 2.01. The second-order valence-electron chi connectivity index (χ2n) is 7.03. The van der Waals surface area contributed by atoms with E-state index in [1.807, 2.05) is 25.1 Å². The molecular weight excluding hydrogens is 324 g/mol. The number of sulfone groups is 1. The van der Waals surface area contributed by atoms with Crippen LogP contribution in [0.3, 0.4) is 0 Å². The molecule has 1 amide bonds. The lowest BCUT2D eigenvalue weighted by atomic mass is 9.95. The second-order valence-corrected chi connectivity index (χ2v) is 9.26. The number of rotatable bonds is 6. The van der Waals surface area contributed by atoms with Gasteiger partial charge in [-0.3, -0.25) is 10.1 Å². The van der Waals surface area contributed by atoms with Gasteiger partial charge in [0.05, 0.1) is 17.5 Å². The molecule has 6 heteroatoms. The summed E-state index contributed by atoms with van der Waals surface area (Å²) in [5.74, 6) is 0.530. The van der Waals surface area contributed by atoms with Gasteiger partial charge in [0, 0.05) is 19.1 Å². The largest absolute Gasteiger partial charge is 0.340 e. The van der Waals surface area contributed by atoms with Crippen LogP contribution in [0.2, 0.25) is 0 Å². The SMILES string of the molecule is CC(C)[C@H](N[C@@H](C)C(=O)N(C)[C@@H]1CCS(=O)(=O)C1)c1ccccc1. The van der Waals surface area contributed by atoms with Crippen molar-refractivity contribution in [2.75, 3.05) is 18.6 Å². The van der Waals surface area contributed by atoms with E-state index in [1.54, 1.807) is 11.9 Å². The first kappa shape index (κ1) is 18.9. The Morgan fingerprint density at radius 3 is 2.33 bits per heavy atom. The Bertz CT molecular complexity index is 658. The molecule has 24 heavy (non-hydrogen) atoms. The topological polar surface area (TPSA) is 66.5 Å². The standard InChI is InChI=1S/C18H28N2O3S/c1-13(2)17(15-8-6-5-7-9-15)19-14(3)18(21)20(4)16-10-11-24(22,23)12-16/h5-9,13-14,16-17,19H,10-12H2,1-4H3/t14-,16+,17-/m0/s1. The van der Waals surface area contributed by atoms with Crippen molar-refractivity contribution in [3.05, 3.63) is 35.9 Å². The minimum Gasteiger partial charge on any atom is -0.340 e. The van der Waals surface area contributed by atoms with E-state index in [9.17, 15) is 13.2 Å². The quantitative estimate of drug-likeness (QED) is 0.850. The average Bonchev–Trinajstić information content (AvgIpc) is 2.91. The van der Waals surface area contributed by atoms with Crippen LogP contribution < -0.4 is 5.32 Å². The molecule has 1 aromatic carbocycles. The van der Waals surface area contributed by atoms with Crippen LogP contribution in [0.4, 0.5) is 0 Å². The molecule has 0 unspecified atom stereocenters. The first-order valence-corrected chi connectivity index (χ1v) is 10.3. The maximum atomic E-state index is 12.7. The van der Waals surface area contributed by atoms with Crippen LogP contribution in [0.15, 0.2) is 30.3 Å². The highest BCUT2D eigenvalue weighted by molar-refractivity contribution is 7.91. The van der Waals surface area contributed by atoms with Crippen LogP contribution in [0.5, 0.6) is 0 Å². The number of hydrogen-bond acceptors (Lipinski definition) is 4. The molecule has 3 atom stereocenters. The third-order valence-corrected chi connectivity index (χ3v) is 6.48. The third-order valence-electron chi connectivity index (χ3n) is 4.73. The number of benzene rings is 1. The van der Waals surface area contributed by atoms with E-state index >= 15 is 0 Å². The number of amides is 1. The molecule has 0 aliphatic carbocycles. The van der Waals surface area contributed by atoms with Crippen LogP contribution in [-0.4, -0.2) is 49.9 Å². The van der Waals surface area contributed by atoms with Crippen LogP contribution in [0.25, 0.3) is 0 Å². The number of hydrogen-bond donors (Lipinski definition) is 1. The summed E-state index contributed by atoms with van der Waals surface area (Å²) in [6.45, 7) is 6.09. The fraction of sp³-hybridized carbons (Fsp3) is 0.611. The molecule has 0 spiro atoms. The molecule has 1 aliphatic heterocycles. The van der Waals surface area contributed by atoms with Crippen LogP contribution >= 0.6 is 0 Å². The van der Waals surface area contributed by atoms with E-state index in [4.69, 9.17) is 0 Å². The van der Waals surface area contributed by atoms with Crippen LogP contribution in [-0.2, 0) is 14.6 Å². The molecule has 0 saturated carbocycles. The van der Waals surface area contributed by atoms with E-state index in [-0.39, 0.29) is 35.5 Å². The third kappa shape index (κ3) is 4.57. The average molecular weight is 353 g/mol. The molecule has 1 aromatic rings. The Morgan fingerprint density at radius 1 is 1.21 bits per heavy atom. The smallest absolute Gasteiger partial charge is 0.239 e. The number of carbonyl (C=O) groups excluding carboxylic acids is 1. The van der Waals surface area contributed by atoms with Crippen molar-refractivity contribution in [3.8, 4) is 0 Å². The molecule has 1 aliphatic rings. The maximum absolute atomic E-state index is 12.7. The van der Waals surface area contributed by atoms with Crippen molar-refractivity contribution in [1.82, 2.24) is 10.2 Å². The highest BCUT2D eigenvalue weighted by Gasteiger charge is 2.34. The highest BCUT2D eigenvalue weighted by atomic mass is 32.2. The molecule has 1 saturated heterocycles. The lowest BCUT2D eigenvalue weighted by Gasteiger charge is -2.31. The Labute approximate surface area is 145 Å². The summed E-state index contributed by atoms with van der Waals surface area (Å²) >= 11 is 0. The Morgan fingerprint density at radius 2 is 1.83 bits per heavy atom. The maximum Gasteiger partial charge on any atom is 0.239 e. The van der Waals surface area contributed by atoms with Gasteiger partial charge in [-0.25, -0.2) is 8.42 Å². The van der Waals surface area contributed by atoms with Gasteiger partial charge in [0.2, 0.25) is 5.91 Å². The predicted molar refractivity (Wildman–Crippen MR) is 96.4 cm³/mol. The Kier molecular flexibility index (Phi) is 6.04. The summed E-state index contributed by atoms with van der Waals surface area (Å²) in [6, 6.07) is 9.58. The van der Waals surface area contributed by atoms with Crippen molar-refractivity contribution < 1.29 is 13.2 Å². The van der Waals surface area contributed by atoms with Gasteiger partial charge in [0.1, 0.15) is 0 Å². The number of nitrogens with zero attached hydrogens (tertiary/aromatic N) is 1. The van der Waals surface area contributed by atoms with Gasteiger partial charge in [-0.05, 0) is 24.8 Å². The monoisotopic (exact) mass is 352 g/mol. The van der Waals surface area contributed by atoms with E-state index in [0.29, 0.717) is 12.3 Å². The summed E-state index contributed by atoms with van der Waals surface area (Å²) in [5.41, 5.74) is 1.15. The van der Waals surface area contributed by atoms with Gasteiger partial charge in [0.15, 0.2) is 9.84 Å². The summed E-state index contributed by atoms with van der Waals surface area (Å²) in [7, 11) is -1.29. The van der Waals surface area contributed by atoms with Crippen molar-refractivity contribution in [3.63, 3.8) is 0 Å². The van der Waals surface area contributed by atoms with Gasteiger partial charge in [-0.1, -0.05) is 44.2 Å².